The van der Waals surface area contributed by atoms with Gasteiger partial charge in [-0.3, -0.25) is 0 Å². The van der Waals surface area contributed by atoms with Crippen LogP contribution in [-0.2, 0) is 6.42 Å². The first-order valence-electron chi connectivity index (χ1n) is 5.42. The van der Waals surface area contributed by atoms with Gasteiger partial charge in [0.1, 0.15) is 17.4 Å². The molecule has 0 saturated heterocycles. The molecule has 5 heteroatoms. The number of aryl methyl sites for hydroxylation is 1. The van der Waals surface area contributed by atoms with Crippen LogP contribution in [0.2, 0.25) is 0 Å². The van der Waals surface area contributed by atoms with Gasteiger partial charge in [-0.05, 0) is 25.1 Å². The number of methoxy groups -OCH3 is 1. The van der Waals surface area contributed by atoms with Crippen LogP contribution in [-0.4, -0.2) is 17.1 Å². The van der Waals surface area contributed by atoms with Crippen LogP contribution in [0.3, 0.4) is 0 Å². The molecule has 4 nitrogen and oxygen atoms in total. The number of nitrogens with one attached hydrogen (secondary N) is 1. The van der Waals surface area contributed by atoms with Crippen molar-refractivity contribution in [3.8, 4) is 23.1 Å². The second-order valence-electron chi connectivity index (χ2n) is 3.84. The van der Waals surface area contributed by atoms with Crippen LogP contribution in [0.15, 0.2) is 18.2 Å². The molecule has 2 rings (SSSR count). The summed E-state index contributed by atoms with van der Waals surface area (Å²) in [5.74, 6) is 0.765. The predicted molar refractivity (Wildman–Crippen MR) is 64.6 cm³/mol. The average molecular weight is 245 g/mol. The Morgan fingerprint density at radius 1 is 1.50 bits per heavy atom. The van der Waals surface area contributed by atoms with Crippen LogP contribution in [0, 0.1) is 24.1 Å². The highest BCUT2D eigenvalue weighted by Gasteiger charge is 2.14. The molecule has 92 valence electrons. The third-order valence-electron chi connectivity index (χ3n) is 2.60. The van der Waals surface area contributed by atoms with Crippen LogP contribution in [0.5, 0.6) is 5.75 Å². The van der Waals surface area contributed by atoms with Gasteiger partial charge in [-0.25, -0.2) is 9.37 Å². The second kappa shape index (κ2) is 4.88. The van der Waals surface area contributed by atoms with E-state index in [1.807, 2.05) is 13.0 Å². The molecule has 0 amide bonds. The maximum Gasteiger partial charge on any atom is 0.128 e. The highest BCUT2D eigenvalue weighted by molar-refractivity contribution is 5.69. The van der Waals surface area contributed by atoms with Crippen LogP contribution >= 0.6 is 0 Å². The predicted octanol–water partition coefficient (Wildman–Crippen LogP) is 2.60. The lowest BCUT2D eigenvalue weighted by atomic mass is 10.1. The van der Waals surface area contributed by atoms with Crippen molar-refractivity contribution in [2.45, 2.75) is 13.3 Å². The third-order valence-corrected chi connectivity index (χ3v) is 2.60. The standard InChI is InChI=1S/C13H12FN3O/c1-8-13(17-12(16-8)5-6-15)10-7-9(14)3-4-11(10)18-2/h3-4,7H,5H2,1-2H3,(H,16,17). The molecule has 1 aromatic heterocycles. The Labute approximate surface area is 104 Å². The number of H-pyrrole nitrogens is 1. The SMILES string of the molecule is COc1ccc(F)cc1-c1nc(CC#N)[nH]c1C. The van der Waals surface area contributed by atoms with Crippen molar-refractivity contribution in [3.63, 3.8) is 0 Å². The molecule has 0 atom stereocenters. The summed E-state index contributed by atoms with van der Waals surface area (Å²) in [7, 11) is 1.52. The molecular formula is C13H12FN3O. The van der Waals surface area contributed by atoms with E-state index < -0.39 is 0 Å². The number of halogens is 1. The molecule has 0 saturated carbocycles. The number of hydrogen-bond acceptors (Lipinski definition) is 3. The average Bonchev–Trinajstić information content (AvgIpc) is 2.70. The van der Waals surface area contributed by atoms with Crippen molar-refractivity contribution in [1.29, 1.82) is 5.26 Å². The topological polar surface area (TPSA) is 61.7 Å². The summed E-state index contributed by atoms with van der Waals surface area (Å²) >= 11 is 0. The number of ether oxygens (including phenoxy) is 1. The second-order valence-corrected chi connectivity index (χ2v) is 3.84. The van der Waals surface area contributed by atoms with Gasteiger partial charge >= 0.3 is 0 Å². The van der Waals surface area contributed by atoms with Gasteiger partial charge in [-0.2, -0.15) is 5.26 Å². The molecule has 18 heavy (non-hydrogen) atoms. The summed E-state index contributed by atoms with van der Waals surface area (Å²) in [5.41, 5.74) is 1.97. The van der Waals surface area contributed by atoms with Gasteiger partial charge < -0.3 is 9.72 Å². The van der Waals surface area contributed by atoms with E-state index >= 15 is 0 Å². The zero-order valence-electron chi connectivity index (χ0n) is 10.1. The number of rotatable bonds is 3. The van der Waals surface area contributed by atoms with E-state index in [-0.39, 0.29) is 12.2 Å². The molecule has 0 radical (unpaired) electrons. The highest BCUT2D eigenvalue weighted by Crippen LogP contribution is 2.31. The van der Waals surface area contributed by atoms with Crippen LogP contribution in [0.1, 0.15) is 11.5 Å². The molecule has 0 spiro atoms. The van der Waals surface area contributed by atoms with Crippen LogP contribution < -0.4 is 4.74 Å². The van der Waals surface area contributed by atoms with Gasteiger partial charge in [0.25, 0.3) is 0 Å². The van der Waals surface area contributed by atoms with Gasteiger partial charge in [0.05, 0.1) is 25.3 Å². The molecule has 0 aliphatic heterocycles. The molecule has 0 aliphatic rings. The maximum absolute atomic E-state index is 13.3. The number of benzene rings is 1. The zero-order valence-corrected chi connectivity index (χ0v) is 10.1. The maximum atomic E-state index is 13.3. The fourth-order valence-corrected chi connectivity index (χ4v) is 1.81. The Bertz CT molecular complexity index is 613. The van der Waals surface area contributed by atoms with Crippen molar-refractivity contribution < 1.29 is 9.13 Å². The molecule has 1 aromatic carbocycles. The quantitative estimate of drug-likeness (QED) is 0.904. The Morgan fingerprint density at radius 2 is 2.28 bits per heavy atom. The molecule has 1 heterocycles. The van der Waals surface area contributed by atoms with Gasteiger partial charge in [-0.1, -0.05) is 0 Å². The minimum atomic E-state index is -0.352. The summed E-state index contributed by atoms with van der Waals surface area (Å²) in [4.78, 5) is 7.30. The van der Waals surface area contributed by atoms with Crippen LogP contribution in [0.4, 0.5) is 4.39 Å². The Balaban J connectivity index is 2.54. The zero-order chi connectivity index (χ0) is 13.1. The van der Waals surface area contributed by atoms with Gasteiger partial charge in [0.15, 0.2) is 0 Å². The van der Waals surface area contributed by atoms with E-state index in [0.717, 1.165) is 5.69 Å². The van der Waals surface area contributed by atoms with E-state index in [2.05, 4.69) is 9.97 Å². The first-order chi connectivity index (χ1) is 8.65. The number of imidazole rings is 1. The number of nitrogens with zero attached hydrogens (tertiary/aromatic N) is 2. The summed E-state index contributed by atoms with van der Waals surface area (Å²) < 4.78 is 18.5. The van der Waals surface area contributed by atoms with E-state index in [9.17, 15) is 4.39 Å². The smallest absolute Gasteiger partial charge is 0.128 e. The van der Waals surface area contributed by atoms with Crippen molar-refractivity contribution in [1.82, 2.24) is 9.97 Å². The Morgan fingerprint density at radius 3 is 2.94 bits per heavy atom. The molecule has 0 unspecified atom stereocenters. The van der Waals surface area contributed by atoms with Crippen molar-refractivity contribution in [3.05, 3.63) is 35.5 Å². The molecule has 0 fully saturated rings. The summed E-state index contributed by atoms with van der Waals surface area (Å²) in [5, 5.41) is 8.64. The number of nitriles is 1. The summed E-state index contributed by atoms with van der Waals surface area (Å²) in [6.45, 7) is 1.83. The summed E-state index contributed by atoms with van der Waals surface area (Å²) in [6.07, 6.45) is 0.193. The van der Waals surface area contributed by atoms with Crippen molar-refractivity contribution in [2.24, 2.45) is 0 Å². The molecule has 1 N–H and O–H groups in total. The number of aromatic nitrogens is 2. The van der Waals surface area contributed by atoms with Crippen molar-refractivity contribution in [2.75, 3.05) is 7.11 Å². The van der Waals surface area contributed by atoms with E-state index in [1.54, 1.807) is 6.07 Å². The minimum Gasteiger partial charge on any atom is -0.496 e. The van der Waals surface area contributed by atoms with E-state index in [0.29, 0.717) is 22.8 Å². The monoisotopic (exact) mass is 245 g/mol. The van der Waals surface area contributed by atoms with Gasteiger partial charge in [0, 0.05) is 11.3 Å². The summed E-state index contributed by atoms with van der Waals surface area (Å²) in [6, 6.07) is 6.28. The number of hydrogen-bond donors (Lipinski definition) is 1. The van der Waals surface area contributed by atoms with Gasteiger partial charge in [0.2, 0.25) is 0 Å². The molecule has 2 aromatic rings. The van der Waals surface area contributed by atoms with E-state index in [4.69, 9.17) is 10.00 Å². The molecule has 0 bridgehead atoms. The number of aromatic amines is 1. The van der Waals surface area contributed by atoms with E-state index in [1.165, 1.54) is 19.2 Å². The fourth-order valence-electron chi connectivity index (χ4n) is 1.81. The minimum absolute atomic E-state index is 0.193. The molecule has 0 aliphatic carbocycles. The highest BCUT2D eigenvalue weighted by atomic mass is 19.1. The Hall–Kier alpha value is -2.35. The fraction of sp³-hybridized carbons (Fsp3) is 0.231. The Kier molecular flexibility index (Phi) is 3.28. The lowest BCUT2D eigenvalue weighted by molar-refractivity contribution is 0.415. The lowest BCUT2D eigenvalue weighted by Crippen LogP contribution is -1.91. The van der Waals surface area contributed by atoms with Crippen LogP contribution in [0.25, 0.3) is 11.3 Å². The molecular weight excluding hydrogens is 233 g/mol. The normalized spacial score (nSPS) is 10.1. The third kappa shape index (κ3) is 2.18. The van der Waals surface area contributed by atoms with Gasteiger partial charge in [-0.15, -0.1) is 0 Å². The first kappa shape index (κ1) is 12.1. The first-order valence-corrected chi connectivity index (χ1v) is 5.42. The lowest BCUT2D eigenvalue weighted by Gasteiger charge is -2.06. The largest absolute Gasteiger partial charge is 0.496 e. The van der Waals surface area contributed by atoms with Crippen molar-refractivity contribution >= 4 is 0 Å².